The molecule has 0 bridgehead atoms. The van der Waals surface area contributed by atoms with Crippen LogP contribution in [0, 0.1) is 5.82 Å². The van der Waals surface area contributed by atoms with Gasteiger partial charge in [0.2, 0.25) is 11.8 Å². The number of halogens is 1. The minimum absolute atomic E-state index is 0.250. The summed E-state index contributed by atoms with van der Waals surface area (Å²) in [6.07, 6.45) is -1.38. The second-order valence-corrected chi connectivity index (χ2v) is 5.77. The molecule has 132 valence electrons. The van der Waals surface area contributed by atoms with Gasteiger partial charge in [-0.05, 0) is 30.2 Å². The number of aliphatic hydroxyl groups excluding tert-OH is 1. The Kier molecular flexibility index (Phi) is 6.65. The van der Waals surface area contributed by atoms with Gasteiger partial charge in [-0.3, -0.25) is 9.59 Å². The van der Waals surface area contributed by atoms with Crippen LogP contribution in [0.1, 0.15) is 30.6 Å². The van der Waals surface area contributed by atoms with Crippen LogP contribution in [-0.4, -0.2) is 23.0 Å². The molecule has 2 unspecified atom stereocenters. The van der Waals surface area contributed by atoms with E-state index in [1.807, 2.05) is 30.3 Å². The van der Waals surface area contributed by atoms with E-state index in [9.17, 15) is 19.1 Å². The van der Waals surface area contributed by atoms with E-state index in [4.69, 9.17) is 0 Å². The molecule has 6 heteroatoms. The van der Waals surface area contributed by atoms with Crippen molar-refractivity contribution in [1.29, 1.82) is 0 Å². The second kappa shape index (κ2) is 8.94. The lowest BCUT2D eigenvalue weighted by atomic mass is 10.1. The van der Waals surface area contributed by atoms with Gasteiger partial charge < -0.3 is 15.7 Å². The molecule has 2 amide bonds. The number of carbonyl (C=O) groups excluding carboxylic acids is 2. The van der Waals surface area contributed by atoms with Gasteiger partial charge in [-0.15, -0.1) is 0 Å². The van der Waals surface area contributed by atoms with Crippen LogP contribution in [0.2, 0.25) is 0 Å². The van der Waals surface area contributed by atoms with Crippen molar-refractivity contribution in [2.45, 2.75) is 32.0 Å². The number of nitrogens with one attached hydrogen (secondary N) is 2. The number of hydrogen-bond acceptors (Lipinski definition) is 3. The van der Waals surface area contributed by atoms with Gasteiger partial charge in [-0.25, -0.2) is 4.39 Å². The summed E-state index contributed by atoms with van der Waals surface area (Å²) in [5, 5.41) is 15.2. The number of aliphatic hydroxyl groups is 1. The number of rotatable bonds is 7. The first-order valence-corrected chi connectivity index (χ1v) is 8.00. The molecule has 2 aromatic rings. The van der Waals surface area contributed by atoms with Crippen LogP contribution >= 0.6 is 0 Å². The zero-order valence-corrected chi connectivity index (χ0v) is 13.9. The molecule has 0 aliphatic heterocycles. The summed E-state index contributed by atoms with van der Waals surface area (Å²) in [5.74, 6) is -1.29. The molecule has 0 heterocycles. The lowest BCUT2D eigenvalue weighted by molar-refractivity contribution is -0.129. The number of hydrogen-bond donors (Lipinski definition) is 3. The second-order valence-electron chi connectivity index (χ2n) is 5.77. The molecule has 0 saturated carbocycles. The Balaban J connectivity index is 1.79. The van der Waals surface area contributed by atoms with Crippen LogP contribution in [0.15, 0.2) is 54.6 Å². The van der Waals surface area contributed by atoms with Crippen LogP contribution in [-0.2, 0) is 16.1 Å². The quantitative estimate of drug-likeness (QED) is 0.719. The predicted molar refractivity (Wildman–Crippen MR) is 91.9 cm³/mol. The van der Waals surface area contributed by atoms with E-state index >= 15 is 0 Å². The highest BCUT2D eigenvalue weighted by Gasteiger charge is 2.18. The lowest BCUT2D eigenvalue weighted by Crippen LogP contribution is -2.44. The number of amides is 2. The van der Waals surface area contributed by atoms with Crippen molar-refractivity contribution in [2.75, 3.05) is 0 Å². The fraction of sp³-hybridized carbons (Fsp3) is 0.263. The summed E-state index contributed by atoms with van der Waals surface area (Å²) in [4.78, 5) is 24.0. The minimum Gasteiger partial charge on any atom is -0.388 e. The van der Waals surface area contributed by atoms with Gasteiger partial charge in [-0.2, -0.15) is 0 Å². The smallest absolute Gasteiger partial charge is 0.242 e. The van der Waals surface area contributed by atoms with Crippen molar-refractivity contribution in [3.63, 3.8) is 0 Å². The van der Waals surface area contributed by atoms with E-state index in [1.165, 1.54) is 24.3 Å². The molecule has 3 N–H and O–H groups in total. The first-order valence-electron chi connectivity index (χ1n) is 8.00. The van der Waals surface area contributed by atoms with Crippen molar-refractivity contribution in [3.05, 3.63) is 71.5 Å². The van der Waals surface area contributed by atoms with E-state index in [1.54, 1.807) is 6.92 Å². The Morgan fingerprint density at radius 3 is 2.52 bits per heavy atom. The molecule has 0 aliphatic rings. The highest BCUT2D eigenvalue weighted by atomic mass is 19.1. The van der Waals surface area contributed by atoms with Crippen molar-refractivity contribution >= 4 is 11.8 Å². The summed E-state index contributed by atoms with van der Waals surface area (Å²) in [6.45, 7) is 1.93. The summed E-state index contributed by atoms with van der Waals surface area (Å²) in [5.41, 5.74) is 1.27. The van der Waals surface area contributed by atoms with Crippen molar-refractivity contribution < 1.29 is 19.1 Å². The third-order valence-corrected chi connectivity index (χ3v) is 3.69. The Hall–Kier alpha value is -2.73. The molecule has 25 heavy (non-hydrogen) atoms. The molecule has 0 spiro atoms. The highest BCUT2D eigenvalue weighted by molar-refractivity contribution is 5.87. The summed E-state index contributed by atoms with van der Waals surface area (Å²) in [7, 11) is 0. The van der Waals surface area contributed by atoms with Gasteiger partial charge in [0.25, 0.3) is 0 Å². The largest absolute Gasteiger partial charge is 0.388 e. The lowest BCUT2D eigenvalue weighted by Gasteiger charge is -2.16. The van der Waals surface area contributed by atoms with Gasteiger partial charge >= 0.3 is 0 Å². The van der Waals surface area contributed by atoms with Crippen LogP contribution in [0.3, 0.4) is 0 Å². The van der Waals surface area contributed by atoms with Crippen LogP contribution in [0.25, 0.3) is 0 Å². The van der Waals surface area contributed by atoms with E-state index in [-0.39, 0.29) is 12.3 Å². The average Bonchev–Trinajstić information content (AvgIpc) is 2.60. The third kappa shape index (κ3) is 6.00. The summed E-state index contributed by atoms with van der Waals surface area (Å²) in [6, 6.07) is 14.1. The number of carbonyl (C=O) groups is 2. The van der Waals surface area contributed by atoms with Gasteiger partial charge in [0.1, 0.15) is 11.9 Å². The van der Waals surface area contributed by atoms with Gasteiger partial charge in [-0.1, -0.05) is 42.5 Å². The van der Waals surface area contributed by atoms with E-state index in [0.29, 0.717) is 12.1 Å². The number of benzene rings is 2. The summed E-state index contributed by atoms with van der Waals surface area (Å²) < 4.78 is 13.1. The fourth-order valence-electron chi connectivity index (χ4n) is 2.31. The van der Waals surface area contributed by atoms with Crippen molar-refractivity contribution in [1.82, 2.24) is 10.6 Å². The molecule has 0 saturated heterocycles. The molecular formula is C19H21FN2O3. The van der Waals surface area contributed by atoms with E-state index < -0.39 is 23.9 Å². The molecule has 0 radical (unpaired) electrons. The SMILES string of the molecule is CC(NC(=O)CC(O)c1cccc(F)c1)C(=O)NCc1ccccc1. The maximum absolute atomic E-state index is 13.1. The van der Waals surface area contributed by atoms with Gasteiger partial charge in [0.05, 0.1) is 12.5 Å². The zero-order valence-electron chi connectivity index (χ0n) is 13.9. The first kappa shape index (κ1) is 18.6. The molecular weight excluding hydrogens is 323 g/mol. The van der Waals surface area contributed by atoms with E-state index in [2.05, 4.69) is 10.6 Å². The molecule has 0 aliphatic carbocycles. The van der Waals surface area contributed by atoms with Crippen molar-refractivity contribution in [2.24, 2.45) is 0 Å². The normalized spacial score (nSPS) is 12.9. The Morgan fingerprint density at radius 1 is 1.12 bits per heavy atom. The Morgan fingerprint density at radius 2 is 1.84 bits per heavy atom. The molecule has 0 aromatic heterocycles. The molecule has 0 fully saturated rings. The summed E-state index contributed by atoms with van der Waals surface area (Å²) >= 11 is 0. The maximum Gasteiger partial charge on any atom is 0.242 e. The first-order chi connectivity index (χ1) is 12.0. The molecule has 2 aromatic carbocycles. The third-order valence-electron chi connectivity index (χ3n) is 3.69. The Labute approximate surface area is 145 Å². The van der Waals surface area contributed by atoms with Gasteiger partial charge in [0, 0.05) is 6.54 Å². The topological polar surface area (TPSA) is 78.4 Å². The Bertz CT molecular complexity index is 722. The van der Waals surface area contributed by atoms with E-state index in [0.717, 1.165) is 5.56 Å². The molecule has 2 atom stereocenters. The average molecular weight is 344 g/mol. The van der Waals surface area contributed by atoms with Crippen LogP contribution in [0.5, 0.6) is 0 Å². The zero-order chi connectivity index (χ0) is 18.2. The van der Waals surface area contributed by atoms with Crippen LogP contribution in [0.4, 0.5) is 4.39 Å². The van der Waals surface area contributed by atoms with Gasteiger partial charge in [0.15, 0.2) is 0 Å². The fourth-order valence-corrected chi connectivity index (χ4v) is 2.31. The maximum atomic E-state index is 13.1. The predicted octanol–water partition coefficient (Wildman–Crippen LogP) is 2.07. The highest BCUT2D eigenvalue weighted by Crippen LogP contribution is 2.17. The van der Waals surface area contributed by atoms with Crippen LogP contribution < -0.4 is 10.6 Å². The standard InChI is InChI=1S/C19H21FN2O3/c1-13(19(25)21-12-14-6-3-2-4-7-14)22-18(24)11-17(23)15-8-5-9-16(20)10-15/h2-10,13,17,23H,11-12H2,1H3,(H,21,25)(H,22,24). The minimum atomic E-state index is -1.13. The molecule has 2 rings (SSSR count). The van der Waals surface area contributed by atoms with Crippen molar-refractivity contribution in [3.8, 4) is 0 Å². The molecule has 5 nitrogen and oxygen atoms in total. The monoisotopic (exact) mass is 344 g/mol.